The number of rotatable bonds is 5. The average Bonchev–Trinajstić information content (AvgIpc) is 3.58. The zero-order chi connectivity index (χ0) is 24.7. The number of aromatic nitrogens is 5. The van der Waals surface area contributed by atoms with Crippen molar-refractivity contribution in [3.05, 3.63) is 59.9 Å². The lowest BCUT2D eigenvalue weighted by Gasteiger charge is -2.39. The highest BCUT2D eigenvalue weighted by Gasteiger charge is 2.40. The molecule has 2 aliphatic rings. The Hall–Kier alpha value is -3.57. The van der Waals surface area contributed by atoms with Crippen LogP contribution in [0.4, 0.5) is 23.4 Å². The van der Waals surface area contributed by atoms with E-state index in [-0.39, 0.29) is 29.5 Å². The number of piperidine rings is 1. The van der Waals surface area contributed by atoms with E-state index in [2.05, 4.69) is 19.9 Å². The maximum absolute atomic E-state index is 14.4. The molecule has 1 saturated carbocycles. The quantitative estimate of drug-likeness (QED) is 0.508. The maximum Gasteiger partial charge on any atom is 0.417 e. The first kappa shape index (κ1) is 23.2. The molecule has 0 atom stereocenters. The van der Waals surface area contributed by atoms with Crippen molar-refractivity contribution in [2.24, 2.45) is 0 Å². The van der Waals surface area contributed by atoms with Crippen LogP contribution in [-0.2, 0) is 6.18 Å². The topological polar surface area (TPSA) is 80.0 Å². The van der Waals surface area contributed by atoms with Crippen LogP contribution in [0.2, 0.25) is 0 Å². The molecule has 0 radical (unpaired) electrons. The summed E-state index contributed by atoms with van der Waals surface area (Å²) in [5, 5.41) is 0. The van der Waals surface area contributed by atoms with E-state index in [1.807, 2.05) is 11.8 Å². The molecule has 8 nitrogen and oxygen atoms in total. The van der Waals surface area contributed by atoms with Gasteiger partial charge in [-0.3, -0.25) is 9.36 Å². The molecular weight excluding hydrogens is 466 g/mol. The van der Waals surface area contributed by atoms with E-state index in [1.165, 1.54) is 12.4 Å². The minimum Gasteiger partial charge on any atom is -0.354 e. The summed E-state index contributed by atoms with van der Waals surface area (Å²) in [4.78, 5) is 33.4. The minimum atomic E-state index is -4.65. The number of hydrogen-bond donors (Lipinski definition) is 0. The van der Waals surface area contributed by atoms with Crippen molar-refractivity contribution in [1.29, 1.82) is 0 Å². The molecule has 0 unspecified atom stereocenters. The highest BCUT2D eigenvalue weighted by atomic mass is 19.4. The van der Waals surface area contributed by atoms with Crippen LogP contribution in [0.25, 0.3) is 5.82 Å². The van der Waals surface area contributed by atoms with Gasteiger partial charge in [0.05, 0.1) is 18.0 Å². The second-order valence-electron chi connectivity index (χ2n) is 8.79. The number of pyridine rings is 1. The second-order valence-corrected chi connectivity index (χ2v) is 8.79. The van der Waals surface area contributed by atoms with Crippen molar-refractivity contribution in [1.82, 2.24) is 29.4 Å². The Bertz CT molecular complexity index is 1220. The summed E-state index contributed by atoms with van der Waals surface area (Å²) in [6.07, 6.45) is 5.32. The zero-order valence-electron chi connectivity index (χ0n) is 18.9. The summed E-state index contributed by atoms with van der Waals surface area (Å²) in [6, 6.07) is 0.515. The van der Waals surface area contributed by atoms with Crippen LogP contribution in [0, 0.1) is 12.7 Å². The first-order valence-electron chi connectivity index (χ1n) is 11.3. The van der Waals surface area contributed by atoms with E-state index in [1.54, 1.807) is 21.9 Å². The lowest BCUT2D eigenvalue weighted by atomic mass is 10.0. The molecule has 0 spiro atoms. The van der Waals surface area contributed by atoms with Gasteiger partial charge < -0.3 is 9.80 Å². The Morgan fingerprint density at radius 1 is 1.00 bits per heavy atom. The van der Waals surface area contributed by atoms with Crippen LogP contribution in [0.1, 0.15) is 47.6 Å². The minimum absolute atomic E-state index is 0.0823. The van der Waals surface area contributed by atoms with E-state index in [0.29, 0.717) is 44.0 Å². The Kier molecular flexibility index (Phi) is 5.89. The molecule has 1 aliphatic carbocycles. The third-order valence-electron chi connectivity index (χ3n) is 6.41. The number of alkyl halides is 3. The smallest absolute Gasteiger partial charge is 0.354 e. The number of anilines is 1. The van der Waals surface area contributed by atoms with Crippen molar-refractivity contribution in [2.45, 2.75) is 50.9 Å². The number of nitrogens with zero attached hydrogens (tertiary/aromatic N) is 7. The van der Waals surface area contributed by atoms with Crippen molar-refractivity contribution in [2.75, 3.05) is 18.0 Å². The molecule has 1 saturated heterocycles. The highest BCUT2D eigenvalue weighted by molar-refractivity contribution is 5.92. The number of aryl methyl sites for hydroxylation is 1. The van der Waals surface area contributed by atoms with Gasteiger partial charge in [-0.2, -0.15) is 13.2 Å². The van der Waals surface area contributed by atoms with Crippen LogP contribution < -0.4 is 4.90 Å². The number of carbonyl (C=O) groups is 1. The average molecular weight is 489 g/mol. The van der Waals surface area contributed by atoms with Gasteiger partial charge in [0.25, 0.3) is 5.91 Å². The van der Waals surface area contributed by atoms with Crippen molar-refractivity contribution in [3.63, 3.8) is 0 Å². The lowest BCUT2D eigenvalue weighted by Crippen LogP contribution is -2.49. The molecule has 0 N–H and O–H groups in total. The molecule has 5 rings (SSSR count). The molecule has 12 heteroatoms. The Morgan fingerprint density at radius 2 is 1.71 bits per heavy atom. The number of imidazole rings is 1. The third-order valence-corrected chi connectivity index (χ3v) is 6.41. The van der Waals surface area contributed by atoms with Crippen LogP contribution >= 0.6 is 0 Å². The highest BCUT2D eigenvalue weighted by Crippen LogP contribution is 2.35. The van der Waals surface area contributed by atoms with Crippen LogP contribution in [-0.4, -0.2) is 60.5 Å². The van der Waals surface area contributed by atoms with Crippen molar-refractivity contribution >= 4 is 11.7 Å². The van der Waals surface area contributed by atoms with Gasteiger partial charge in [0.15, 0.2) is 17.5 Å². The van der Waals surface area contributed by atoms with Gasteiger partial charge in [0.2, 0.25) is 0 Å². The predicted octanol–water partition coefficient (Wildman–Crippen LogP) is 3.80. The molecule has 3 aromatic rings. The van der Waals surface area contributed by atoms with E-state index < -0.39 is 17.6 Å². The molecule has 0 aromatic carbocycles. The number of halogens is 4. The largest absolute Gasteiger partial charge is 0.417 e. The normalized spacial score (nSPS) is 17.0. The summed E-state index contributed by atoms with van der Waals surface area (Å²) in [5.41, 5.74) is -0.870. The fourth-order valence-electron chi connectivity index (χ4n) is 4.47. The number of carbonyl (C=O) groups excluding carboxylic acids is 1. The fourth-order valence-corrected chi connectivity index (χ4v) is 4.47. The Morgan fingerprint density at radius 3 is 2.26 bits per heavy atom. The standard InChI is InChI=1S/C23H23F4N7O/c1-14-28-6-9-33(14)20-13-29-19(12-30-20)22(35)34(16-2-3-16)17-4-7-32(8-5-17)21-18(24)10-15(11-31-21)23(25,26)27/h6,9-13,16-17H,2-5,7-8H2,1H3. The van der Waals surface area contributed by atoms with Gasteiger partial charge in [0, 0.05) is 43.8 Å². The first-order chi connectivity index (χ1) is 16.7. The monoisotopic (exact) mass is 489 g/mol. The van der Waals surface area contributed by atoms with E-state index >= 15 is 0 Å². The molecular formula is C23H23F4N7O. The van der Waals surface area contributed by atoms with Gasteiger partial charge >= 0.3 is 6.18 Å². The molecule has 35 heavy (non-hydrogen) atoms. The van der Waals surface area contributed by atoms with Crippen LogP contribution in [0.15, 0.2) is 37.1 Å². The number of amides is 1. The van der Waals surface area contributed by atoms with Crippen molar-refractivity contribution in [3.8, 4) is 5.82 Å². The Balaban J connectivity index is 1.27. The predicted molar refractivity (Wildman–Crippen MR) is 118 cm³/mol. The molecule has 4 heterocycles. The second kappa shape index (κ2) is 8.90. The molecule has 0 bridgehead atoms. The summed E-state index contributed by atoms with van der Waals surface area (Å²) in [6.45, 7) is 2.59. The van der Waals surface area contributed by atoms with Gasteiger partial charge in [0.1, 0.15) is 11.5 Å². The van der Waals surface area contributed by atoms with E-state index in [9.17, 15) is 22.4 Å². The summed E-state index contributed by atoms with van der Waals surface area (Å²) < 4.78 is 54.6. The van der Waals surface area contributed by atoms with E-state index in [0.717, 1.165) is 18.7 Å². The molecule has 2 fully saturated rings. The fraction of sp³-hybridized carbons (Fsp3) is 0.435. The lowest BCUT2D eigenvalue weighted by molar-refractivity contribution is -0.138. The summed E-state index contributed by atoms with van der Waals surface area (Å²) in [5.74, 6) is 0.0118. The third kappa shape index (κ3) is 4.69. The van der Waals surface area contributed by atoms with E-state index in [4.69, 9.17) is 0 Å². The van der Waals surface area contributed by atoms with Gasteiger partial charge in [-0.05, 0) is 38.7 Å². The van der Waals surface area contributed by atoms with Crippen LogP contribution in [0.5, 0.6) is 0 Å². The Labute approximate surface area is 198 Å². The van der Waals surface area contributed by atoms with Gasteiger partial charge in [-0.1, -0.05) is 0 Å². The van der Waals surface area contributed by atoms with Gasteiger partial charge in [-0.15, -0.1) is 0 Å². The SMILES string of the molecule is Cc1nccn1-c1cnc(C(=O)N(C2CC2)C2CCN(c3ncc(C(F)(F)F)cc3F)CC2)cn1. The zero-order valence-corrected chi connectivity index (χ0v) is 18.9. The maximum atomic E-state index is 14.4. The summed E-state index contributed by atoms with van der Waals surface area (Å²) >= 11 is 0. The summed E-state index contributed by atoms with van der Waals surface area (Å²) in [7, 11) is 0. The molecule has 1 amide bonds. The number of hydrogen-bond acceptors (Lipinski definition) is 6. The van der Waals surface area contributed by atoms with Gasteiger partial charge in [-0.25, -0.2) is 24.3 Å². The molecule has 1 aliphatic heterocycles. The van der Waals surface area contributed by atoms with Crippen molar-refractivity contribution < 1.29 is 22.4 Å². The van der Waals surface area contributed by atoms with Crippen LogP contribution in [0.3, 0.4) is 0 Å². The molecule has 184 valence electrons. The first-order valence-corrected chi connectivity index (χ1v) is 11.3. The molecule has 3 aromatic heterocycles.